The normalized spacial score (nSPS) is 8.33. The Morgan fingerprint density at radius 1 is 1.50 bits per heavy atom. The summed E-state index contributed by atoms with van der Waals surface area (Å²) in [6.07, 6.45) is 1.98. The van der Waals surface area contributed by atoms with Gasteiger partial charge >= 0.3 is 0 Å². The predicted molar refractivity (Wildman–Crippen MR) is 59.4 cm³/mol. The van der Waals surface area contributed by atoms with Gasteiger partial charge in [0.2, 0.25) is 5.91 Å². The molecular weight excluding hydrogens is 192 g/mol. The summed E-state index contributed by atoms with van der Waals surface area (Å²) in [7, 11) is 5.20. The molecule has 0 rings (SSSR count). The Hall–Kier alpha value is 0.130. The van der Waals surface area contributed by atoms with Gasteiger partial charge in [-0.2, -0.15) is 0 Å². The van der Waals surface area contributed by atoms with Gasteiger partial charge in [-0.3, -0.25) is 4.79 Å². The van der Waals surface area contributed by atoms with Crippen molar-refractivity contribution in [2.75, 3.05) is 25.7 Å². The fourth-order valence-corrected chi connectivity index (χ4v) is 1.10. The van der Waals surface area contributed by atoms with E-state index < -0.39 is 0 Å². The Bertz CT molecular complexity index is 99.4. The fourth-order valence-electron chi connectivity index (χ4n) is 0.190. The van der Waals surface area contributed by atoms with E-state index in [0.29, 0.717) is 5.88 Å². The third-order valence-corrected chi connectivity index (χ3v) is 2.41. The van der Waals surface area contributed by atoms with Gasteiger partial charge in [0.25, 0.3) is 0 Å². The van der Waals surface area contributed by atoms with Gasteiger partial charge < -0.3 is 10.6 Å². The average Bonchev–Trinajstić information content (AvgIpc) is 2.05. The second kappa shape index (κ2) is 13.7. The molecule has 0 spiro atoms. The summed E-state index contributed by atoms with van der Waals surface area (Å²) in [5.41, 5.74) is 0. The summed E-state index contributed by atoms with van der Waals surface area (Å²) in [5.74, 6) is 0.739. The van der Waals surface area contributed by atoms with Crippen LogP contribution in [0.15, 0.2) is 0 Å². The summed E-state index contributed by atoms with van der Waals surface area (Å²) in [5, 5.41) is 5.58. The molecule has 0 aromatic heterocycles. The molecule has 0 heterocycles. The standard InChI is InChI=1S/C4H9NOS2.C3H9N/c1-4(6)5-3-8-7-2;1-3-4-2/h3H2,1-2H3,(H,5,6);4H,3H2,1-2H3. The molecule has 0 unspecified atom stereocenters. The maximum atomic E-state index is 10.2. The van der Waals surface area contributed by atoms with Gasteiger partial charge in [0.05, 0.1) is 5.88 Å². The first-order chi connectivity index (χ1) is 5.68. The Kier molecular flexibility index (Phi) is 16.7. The van der Waals surface area contributed by atoms with Gasteiger partial charge in [-0.05, 0) is 19.8 Å². The largest absolute Gasteiger partial charge is 0.346 e. The van der Waals surface area contributed by atoms with Gasteiger partial charge in [0, 0.05) is 6.92 Å². The minimum atomic E-state index is 0.0338. The lowest BCUT2D eigenvalue weighted by Gasteiger charge is -1.95. The zero-order chi connectivity index (χ0) is 9.82. The number of nitrogens with one attached hydrogen (secondary N) is 2. The lowest BCUT2D eigenvalue weighted by atomic mass is 10.7. The number of carbonyl (C=O) groups is 1. The minimum absolute atomic E-state index is 0.0338. The molecule has 5 heteroatoms. The molecule has 0 fully saturated rings. The Balaban J connectivity index is 0. The minimum Gasteiger partial charge on any atom is -0.346 e. The quantitative estimate of drug-likeness (QED) is 0.417. The van der Waals surface area contributed by atoms with Crippen molar-refractivity contribution in [3.05, 3.63) is 0 Å². The molecule has 12 heavy (non-hydrogen) atoms. The second-order valence-electron chi connectivity index (χ2n) is 1.87. The van der Waals surface area contributed by atoms with Gasteiger partial charge in [-0.25, -0.2) is 0 Å². The van der Waals surface area contributed by atoms with E-state index in [2.05, 4.69) is 17.6 Å². The monoisotopic (exact) mass is 210 g/mol. The van der Waals surface area contributed by atoms with Gasteiger partial charge in [-0.15, -0.1) is 0 Å². The zero-order valence-corrected chi connectivity index (χ0v) is 9.77. The van der Waals surface area contributed by atoms with Crippen LogP contribution < -0.4 is 10.6 Å². The highest BCUT2D eigenvalue weighted by atomic mass is 33.1. The van der Waals surface area contributed by atoms with Crippen LogP contribution in [-0.2, 0) is 4.79 Å². The van der Waals surface area contributed by atoms with Crippen LogP contribution in [0.4, 0.5) is 0 Å². The molecule has 0 saturated heterocycles. The van der Waals surface area contributed by atoms with Crippen LogP contribution in [-0.4, -0.2) is 31.6 Å². The van der Waals surface area contributed by atoms with Crippen LogP contribution in [0.1, 0.15) is 13.8 Å². The van der Waals surface area contributed by atoms with Crippen molar-refractivity contribution in [3.63, 3.8) is 0 Å². The third kappa shape index (κ3) is 22.5. The molecule has 0 aromatic carbocycles. The molecule has 0 aromatic rings. The fraction of sp³-hybridized carbons (Fsp3) is 0.857. The van der Waals surface area contributed by atoms with E-state index in [4.69, 9.17) is 0 Å². The molecule has 0 aliphatic rings. The third-order valence-electron chi connectivity index (χ3n) is 0.851. The molecular formula is C7H18N2OS2. The van der Waals surface area contributed by atoms with Crippen molar-refractivity contribution in [1.29, 1.82) is 0 Å². The van der Waals surface area contributed by atoms with Gasteiger partial charge in [-0.1, -0.05) is 28.5 Å². The predicted octanol–water partition coefficient (Wildman–Crippen LogP) is 1.32. The average molecular weight is 210 g/mol. The van der Waals surface area contributed by atoms with Crippen molar-refractivity contribution in [1.82, 2.24) is 10.6 Å². The lowest BCUT2D eigenvalue weighted by Crippen LogP contribution is -2.17. The number of amides is 1. The summed E-state index contributed by atoms with van der Waals surface area (Å²) in [4.78, 5) is 10.2. The molecule has 3 nitrogen and oxygen atoms in total. The molecule has 2 N–H and O–H groups in total. The first-order valence-corrected chi connectivity index (χ1v) is 6.46. The molecule has 0 bridgehead atoms. The highest BCUT2D eigenvalue weighted by Crippen LogP contribution is 2.13. The van der Waals surface area contributed by atoms with Crippen molar-refractivity contribution >= 4 is 27.5 Å². The van der Waals surface area contributed by atoms with E-state index in [9.17, 15) is 4.79 Å². The Labute approximate surface area is 82.8 Å². The van der Waals surface area contributed by atoms with Crippen molar-refractivity contribution in [2.24, 2.45) is 0 Å². The second-order valence-corrected chi connectivity index (χ2v) is 4.43. The molecule has 0 aliphatic carbocycles. The van der Waals surface area contributed by atoms with E-state index in [1.54, 1.807) is 21.6 Å². The summed E-state index contributed by atoms with van der Waals surface area (Å²) >= 11 is 0. The topological polar surface area (TPSA) is 41.1 Å². The van der Waals surface area contributed by atoms with Crippen LogP contribution in [0.5, 0.6) is 0 Å². The number of hydrogen-bond donors (Lipinski definition) is 2. The van der Waals surface area contributed by atoms with E-state index in [-0.39, 0.29) is 5.91 Å². The van der Waals surface area contributed by atoms with E-state index in [1.165, 1.54) is 6.92 Å². The van der Waals surface area contributed by atoms with Crippen LogP contribution in [0.3, 0.4) is 0 Å². The highest BCUT2D eigenvalue weighted by Gasteiger charge is 1.86. The molecule has 0 radical (unpaired) electrons. The SMILES string of the molecule is CCNC.CSSCNC(C)=O. The first kappa shape index (κ1) is 14.6. The Morgan fingerprint density at radius 2 is 2.00 bits per heavy atom. The molecule has 0 aliphatic heterocycles. The van der Waals surface area contributed by atoms with E-state index in [0.717, 1.165) is 6.54 Å². The van der Waals surface area contributed by atoms with E-state index in [1.807, 2.05) is 13.3 Å². The summed E-state index contributed by atoms with van der Waals surface area (Å²) in [6, 6.07) is 0. The maximum Gasteiger partial charge on any atom is 0.217 e. The van der Waals surface area contributed by atoms with Crippen LogP contribution >= 0.6 is 21.6 Å². The van der Waals surface area contributed by atoms with Crippen LogP contribution in [0, 0.1) is 0 Å². The van der Waals surface area contributed by atoms with Crippen molar-refractivity contribution < 1.29 is 4.79 Å². The molecule has 1 amide bonds. The van der Waals surface area contributed by atoms with Crippen molar-refractivity contribution in [2.45, 2.75) is 13.8 Å². The molecule has 0 atom stereocenters. The summed E-state index contributed by atoms with van der Waals surface area (Å²) < 4.78 is 0. The Morgan fingerprint density at radius 3 is 2.25 bits per heavy atom. The lowest BCUT2D eigenvalue weighted by molar-refractivity contribution is -0.118. The first-order valence-electron chi connectivity index (χ1n) is 3.73. The number of rotatable bonds is 4. The maximum absolute atomic E-state index is 10.2. The molecule has 0 saturated carbocycles. The van der Waals surface area contributed by atoms with Crippen LogP contribution in [0.2, 0.25) is 0 Å². The summed E-state index contributed by atoms with van der Waals surface area (Å²) in [6.45, 7) is 4.65. The number of carbonyl (C=O) groups excluding carboxylic acids is 1. The van der Waals surface area contributed by atoms with Gasteiger partial charge in [0.15, 0.2) is 0 Å². The molecule has 74 valence electrons. The smallest absolute Gasteiger partial charge is 0.217 e. The zero-order valence-electron chi connectivity index (χ0n) is 8.14. The van der Waals surface area contributed by atoms with Crippen molar-refractivity contribution in [3.8, 4) is 0 Å². The van der Waals surface area contributed by atoms with E-state index >= 15 is 0 Å². The highest BCUT2D eigenvalue weighted by molar-refractivity contribution is 8.76. The van der Waals surface area contributed by atoms with Gasteiger partial charge in [0.1, 0.15) is 0 Å². The van der Waals surface area contributed by atoms with Crippen LogP contribution in [0.25, 0.3) is 0 Å². The number of hydrogen-bond acceptors (Lipinski definition) is 4.